The van der Waals surface area contributed by atoms with Crippen molar-refractivity contribution in [2.75, 3.05) is 19.0 Å². The van der Waals surface area contributed by atoms with Gasteiger partial charge >= 0.3 is 0 Å². The van der Waals surface area contributed by atoms with Gasteiger partial charge in [-0.2, -0.15) is 0 Å². The van der Waals surface area contributed by atoms with Crippen LogP contribution < -0.4 is 4.90 Å². The SMILES string of the molecule is CN(C)c1cc(C(C)(C)C)nc(C(C)(C)C)c1. The van der Waals surface area contributed by atoms with Crippen LogP contribution in [0.25, 0.3) is 0 Å². The average Bonchev–Trinajstić information content (AvgIpc) is 2.14. The minimum Gasteiger partial charge on any atom is -0.378 e. The fourth-order valence-corrected chi connectivity index (χ4v) is 1.54. The predicted molar refractivity (Wildman–Crippen MR) is 76.0 cm³/mol. The molecular weight excluding hydrogens is 208 g/mol. The van der Waals surface area contributed by atoms with Crippen LogP contribution in [-0.2, 0) is 10.8 Å². The summed E-state index contributed by atoms with van der Waals surface area (Å²) in [5.74, 6) is 0. The quantitative estimate of drug-likeness (QED) is 0.736. The van der Waals surface area contributed by atoms with Crippen LogP contribution in [-0.4, -0.2) is 19.1 Å². The van der Waals surface area contributed by atoms with Gasteiger partial charge in [-0.05, 0) is 12.1 Å². The van der Waals surface area contributed by atoms with Gasteiger partial charge in [0.25, 0.3) is 0 Å². The second-order valence-corrected chi connectivity index (χ2v) is 6.99. The van der Waals surface area contributed by atoms with Crippen LogP contribution in [0, 0.1) is 0 Å². The number of hydrogen-bond acceptors (Lipinski definition) is 2. The van der Waals surface area contributed by atoms with Crippen molar-refractivity contribution < 1.29 is 0 Å². The Morgan fingerprint density at radius 3 is 1.41 bits per heavy atom. The average molecular weight is 234 g/mol. The molecule has 1 rings (SSSR count). The van der Waals surface area contributed by atoms with E-state index in [0.29, 0.717) is 0 Å². The summed E-state index contributed by atoms with van der Waals surface area (Å²) in [5.41, 5.74) is 3.73. The summed E-state index contributed by atoms with van der Waals surface area (Å²) in [5, 5.41) is 0. The number of rotatable bonds is 1. The maximum Gasteiger partial charge on any atom is 0.0481 e. The molecule has 0 saturated carbocycles. The van der Waals surface area contributed by atoms with E-state index in [-0.39, 0.29) is 10.8 Å². The van der Waals surface area contributed by atoms with E-state index in [9.17, 15) is 0 Å². The van der Waals surface area contributed by atoms with Gasteiger partial charge in [0.15, 0.2) is 0 Å². The zero-order valence-corrected chi connectivity index (χ0v) is 12.5. The number of hydrogen-bond donors (Lipinski definition) is 0. The highest BCUT2D eigenvalue weighted by molar-refractivity contribution is 5.49. The van der Waals surface area contributed by atoms with E-state index in [2.05, 4.69) is 72.7 Å². The van der Waals surface area contributed by atoms with Gasteiger partial charge in [-0.3, -0.25) is 4.98 Å². The third-order valence-corrected chi connectivity index (χ3v) is 2.86. The zero-order chi connectivity index (χ0) is 13.4. The Kier molecular flexibility index (Phi) is 3.56. The van der Waals surface area contributed by atoms with E-state index in [1.807, 2.05) is 0 Å². The number of nitrogens with zero attached hydrogens (tertiary/aromatic N) is 2. The van der Waals surface area contributed by atoms with E-state index >= 15 is 0 Å². The maximum absolute atomic E-state index is 4.83. The van der Waals surface area contributed by atoms with Crippen molar-refractivity contribution in [3.05, 3.63) is 23.5 Å². The smallest absolute Gasteiger partial charge is 0.0481 e. The molecule has 0 radical (unpaired) electrons. The van der Waals surface area contributed by atoms with E-state index in [1.165, 1.54) is 5.69 Å². The van der Waals surface area contributed by atoms with Crippen molar-refractivity contribution in [2.45, 2.75) is 52.4 Å². The van der Waals surface area contributed by atoms with Crippen molar-refractivity contribution in [1.29, 1.82) is 0 Å². The molecule has 0 aliphatic rings. The van der Waals surface area contributed by atoms with Crippen LogP contribution in [0.2, 0.25) is 0 Å². The van der Waals surface area contributed by atoms with E-state index in [4.69, 9.17) is 4.98 Å². The molecule has 1 aromatic rings. The first-order valence-electron chi connectivity index (χ1n) is 6.22. The Bertz CT molecular complexity index is 360. The Morgan fingerprint density at radius 2 is 1.18 bits per heavy atom. The first-order valence-corrected chi connectivity index (χ1v) is 6.22. The molecule has 17 heavy (non-hydrogen) atoms. The lowest BCUT2D eigenvalue weighted by Gasteiger charge is -2.26. The molecule has 0 N–H and O–H groups in total. The van der Waals surface area contributed by atoms with E-state index in [0.717, 1.165) is 11.4 Å². The largest absolute Gasteiger partial charge is 0.378 e. The Morgan fingerprint density at radius 1 is 0.824 bits per heavy atom. The summed E-state index contributed by atoms with van der Waals surface area (Å²) in [6.07, 6.45) is 0. The van der Waals surface area contributed by atoms with Crippen molar-refractivity contribution in [2.24, 2.45) is 0 Å². The molecule has 0 spiro atoms. The fourth-order valence-electron chi connectivity index (χ4n) is 1.54. The van der Waals surface area contributed by atoms with E-state index < -0.39 is 0 Å². The summed E-state index contributed by atoms with van der Waals surface area (Å²) in [7, 11) is 4.16. The van der Waals surface area contributed by atoms with Crippen molar-refractivity contribution in [3.63, 3.8) is 0 Å². The summed E-state index contributed by atoms with van der Waals surface area (Å²) >= 11 is 0. The lowest BCUT2D eigenvalue weighted by Crippen LogP contribution is -2.22. The molecule has 0 amide bonds. The molecule has 0 aliphatic heterocycles. The van der Waals surface area contributed by atoms with Gasteiger partial charge in [0.1, 0.15) is 0 Å². The molecule has 96 valence electrons. The second-order valence-electron chi connectivity index (χ2n) is 6.99. The highest BCUT2D eigenvalue weighted by atomic mass is 15.1. The summed E-state index contributed by atoms with van der Waals surface area (Å²) in [6, 6.07) is 4.38. The molecule has 2 nitrogen and oxygen atoms in total. The highest BCUT2D eigenvalue weighted by Gasteiger charge is 2.22. The highest BCUT2D eigenvalue weighted by Crippen LogP contribution is 2.29. The molecular formula is C15H26N2. The normalized spacial score (nSPS) is 12.7. The lowest BCUT2D eigenvalue weighted by atomic mass is 9.87. The molecule has 1 aromatic heterocycles. The first-order chi connectivity index (χ1) is 7.51. The predicted octanol–water partition coefficient (Wildman–Crippen LogP) is 3.74. The Labute approximate surface area is 106 Å². The van der Waals surface area contributed by atoms with Crippen LogP contribution >= 0.6 is 0 Å². The molecule has 0 aromatic carbocycles. The van der Waals surface area contributed by atoms with Crippen LogP contribution in [0.4, 0.5) is 5.69 Å². The van der Waals surface area contributed by atoms with Gasteiger partial charge in [0.05, 0.1) is 0 Å². The summed E-state index contributed by atoms with van der Waals surface area (Å²) in [4.78, 5) is 6.98. The summed E-state index contributed by atoms with van der Waals surface area (Å²) in [6.45, 7) is 13.3. The molecule has 2 heteroatoms. The molecule has 0 aliphatic carbocycles. The van der Waals surface area contributed by atoms with Gasteiger partial charge < -0.3 is 4.90 Å². The molecule has 0 unspecified atom stereocenters. The van der Waals surface area contributed by atoms with E-state index in [1.54, 1.807) is 0 Å². The first kappa shape index (κ1) is 14.0. The van der Waals surface area contributed by atoms with Gasteiger partial charge in [0.2, 0.25) is 0 Å². The topological polar surface area (TPSA) is 16.1 Å². The van der Waals surface area contributed by atoms with Crippen LogP contribution in [0.5, 0.6) is 0 Å². The fraction of sp³-hybridized carbons (Fsp3) is 0.667. The third-order valence-electron chi connectivity index (χ3n) is 2.86. The van der Waals surface area contributed by atoms with Crippen LogP contribution in [0.1, 0.15) is 52.9 Å². The molecule has 0 saturated heterocycles. The molecule has 0 fully saturated rings. The summed E-state index contributed by atoms with van der Waals surface area (Å²) < 4.78 is 0. The lowest BCUT2D eigenvalue weighted by molar-refractivity contribution is 0.531. The van der Waals surface area contributed by atoms with Gasteiger partial charge in [-0.15, -0.1) is 0 Å². The second kappa shape index (κ2) is 4.32. The zero-order valence-electron chi connectivity index (χ0n) is 12.5. The minimum atomic E-state index is 0.0893. The van der Waals surface area contributed by atoms with Crippen LogP contribution in [0.15, 0.2) is 12.1 Å². The maximum atomic E-state index is 4.83. The van der Waals surface area contributed by atoms with Crippen molar-refractivity contribution >= 4 is 5.69 Å². The van der Waals surface area contributed by atoms with Crippen LogP contribution in [0.3, 0.4) is 0 Å². The molecule has 0 bridgehead atoms. The van der Waals surface area contributed by atoms with Crippen molar-refractivity contribution in [3.8, 4) is 0 Å². The third kappa shape index (κ3) is 3.45. The van der Waals surface area contributed by atoms with Gasteiger partial charge in [0, 0.05) is 42.0 Å². The van der Waals surface area contributed by atoms with Gasteiger partial charge in [-0.25, -0.2) is 0 Å². The molecule has 1 heterocycles. The van der Waals surface area contributed by atoms with Gasteiger partial charge in [-0.1, -0.05) is 41.5 Å². The minimum absolute atomic E-state index is 0.0893. The standard InChI is InChI=1S/C15H26N2/c1-14(2,3)12-9-11(17(7)8)10-13(16-12)15(4,5)6/h9-10H,1-8H3. The monoisotopic (exact) mass is 234 g/mol. The Hall–Kier alpha value is -1.05. The number of anilines is 1. The number of aromatic nitrogens is 1. The molecule has 0 atom stereocenters. The van der Waals surface area contributed by atoms with Crippen molar-refractivity contribution in [1.82, 2.24) is 4.98 Å². The number of pyridine rings is 1. The Balaban J connectivity index is 3.40.